The van der Waals surface area contributed by atoms with Gasteiger partial charge in [-0.05, 0) is 29.8 Å². The maximum Gasteiger partial charge on any atom is 0.305 e. The summed E-state index contributed by atoms with van der Waals surface area (Å²) in [6.45, 7) is 4.86. The molecule has 0 saturated heterocycles. The number of nitrogens with zero attached hydrogens (tertiary/aromatic N) is 6. The molecule has 0 spiro atoms. The van der Waals surface area contributed by atoms with Gasteiger partial charge in [-0.1, -0.05) is 13.8 Å². The highest BCUT2D eigenvalue weighted by Crippen LogP contribution is 2.28. The Kier molecular flexibility index (Phi) is 4.56. The first-order valence-electron chi connectivity index (χ1n) is 7.16. The molecule has 24 heavy (non-hydrogen) atoms. The Bertz CT molecular complexity index is 829. The Balaban J connectivity index is 1.91. The minimum Gasteiger partial charge on any atom is -0.461 e. The van der Waals surface area contributed by atoms with Crippen molar-refractivity contribution in [1.82, 2.24) is 24.7 Å². The molecule has 0 amide bonds. The van der Waals surface area contributed by atoms with E-state index >= 15 is 0 Å². The Morgan fingerprint density at radius 1 is 1.33 bits per heavy atom. The zero-order valence-corrected chi connectivity index (χ0v) is 13.8. The molecular weight excluding hydrogens is 332 g/mol. The first kappa shape index (κ1) is 16.1. The predicted octanol–water partition coefficient (Wildman–Crippen LogP) is 3.04. The van der Waals surface area contributed by atoms with Gasteiger partial charge >= 0.3 is 5.69 Å². The van der Waals surface area contributed by atoms with E-state index in [0.717, 1.165) is 0 Å². The van der Waals surface area contributed by atoms with Crippen molar-refractivity contribution < 1.29 is 9.34 Å². The highest BCUT2D eigenvalue weighted by molar-refractivity contribution is 7.99. The molecule has 0 saturated carbocycles. The first-order valence-corrected chi connectivity index (χ1v) is 7.97. The van der Waals surface area contributed by atoms with Crippen molar-refractivity contribution in [2.45, 2.75) is 30.7 Å². The molecule has 3 aromatic rings. The van der Waals surface area contributed by atoms with Crippen molar-refractivity contribution in [1.29, 1.82) is 0 Å². The Morgan fingerprint density at radius 3 is 2.67 bits per heavy atom. The second-order valence-corrected chi connectivity index (χ2v) is 6.31. The molecular formula is C14H14N6O3S. The highest BCUT2D eigenvalue weighted by atomic mass is 32.2. The molecule has 3 rings (SSSR count). The predicted molar refractivity (Wildman–Crippen MR) is 85.4 cm³/mol. The van der Waals surface area contributed by atoms with Gasteiger partial charge in [0.15, 0.2) is 21.9 Å². The molecule has 9 nitrogen and oxygen atoms in total. The third-order valence-electron chi connectivity index (χ3n) is 3.01. The SMILES string of the molecule is CC(C)Cn1c(Sc2ncc([N+](=O)[O-])cn2)nnc1-c1ccco1. The number of hydrogen-bond donors (Lipinski definition) is 0. The van der Waals surface area contributed by atoms with Crippen LogP contribution in [0, 0.1) is 16.0 Å². The van der Waals surface area contributed by atoms with Crippen molar-refractivity contribution in [3.63, 3.8) is 0 Å². The maximum absolute atomic E-state index is 10.7. The molecule has 0 unspecified atom stereocenters. The largest absolute Gasteiger partial charge is 0.461 e. The summed E-state index contributed by atoms with van der Waals surface area (Å²) in [5.41, 5.74) is -0.153. The van der Waals surface area contributed by atoms with Crippen LogP contribution in [0.1, 0.15) is 13.8 Å². The lowest BCUT2D eigenvalue weighted by molar-refractivity contribution is -0.385. The van der Waals surface area contributed by atoms with Gasteiger partial charge in [-0.2, -0.15) is 0 Å². The van der Waals surface area contributed by atoms with Gasteiger partial charge in [0.1, 0.15) is 12.4 Å². The van der Waals surface area contributed by atoms with Crippen molar-refractivity contribution in [2.24, 2.45) is 5.92 Å². The fraction of sp³-hybridized carbons (Fsp3) is 0.286. The number of furan rings is 1. The molecule has 0 aromatic carbocycles. The van der Waals surface area contributed by atoms with Crippen molar-refractivity contribution in [3.8, 4) is 11.6 Å². The number of nitro groups is 1. The summed E-state index contributed by atoms with van der Waals surface area (Å²) >= 11 is 1.20. The molecule has 0 aliphatic heterocycles. The van der Waals surface area contributed by atoms with Crippen LogP contribution in [0.2, 0.25) is 0 Å². The van der Waals surface area contributed by atoms with Gasteiger partial charge in [-0.3, -0.25) is 14.7 Å². The van der Waals surface area contributed by atoms with Crippen molar-refractivity contribution in [3.05, 3.63) is 40.9 Å². The van der Waals surface area contributed by atoms with E-state index in [4.69, 9.17) is 4.42 Å². The summed E-state index contributed by atoms with van der Waals surface area (Å²) in [5, 5.41) is 20.0. The van der Waals surface area contributed by atoms with Gasteiger partial charge in [0.2, 0.25) is 0 Å². The van der Waals surface area contributed by atoms with Gasteiger partial charge in [0.05, 0.1) is 11.2 Å². The molecule has 0 bridgehead atoms. The second-order valence-electron chi connectivity index (χ2n) is 5.37. The quantitative estimate of drug-likeness (QED) is 0.380. The van der Waals surface area contributed by atoms with Crippen LogP contribution in [0.5, 0.6) is 0 Å². The lowest BCUT2D eigenvalue weighted by Crippen LogP contribution is -2.07. The summed E-state index contributed by atoms with van der Waals surface area (Å²) in [6.07, 6.45) is 3.92. The van der Waals surface area contributed by atoms with Gasteiger partial charge in [-0.15, -0.1) is 10.2 Å². The summed E-state index contributed by atoms with van der Waals surface area (Å²) in [6, 6.07) is 3.60. The first-order chi connectivity index (χ1) is 11.5. The van der Waals surface area contributed by atoms with Crippen molar-refractivity contribution in [2.75, 3.05) is 0 Å². The van der Waals surface area contributed by atoms with Crippen LogP contribution >= 0.6 is 11.8 Å². The molecule has 3 aromatic heterocycles. The monoisotopic (exact) mass is 346 g/mol. The van der Waals surface area contributed by atoms with E-state index < -0.39 is 4.92 Å². The van der Waals surface area contributed by atoms with Crippen molar-refractivity contribution >= 4 is 17.4 Å². The molecule has 0 aliphatic rings. The average Bonchev–Trinajstić information content (AvgIpc) is 3.18. The second kappa shape index (κ2) is 6.79. The Hall–Kier alpha value is -2.75. The average molecular weight is 346 g/mol. The number of aromatic nitrogens is 5. The summed E-state index contributed by atoms with van der Waals surface area (Å²) in [7, 11) is 0. The van der Waals surface area contributed by atoms with Crippen LogP contribution in [-0.4, -0.2) is 29.7 Å². The van der Waals surface area contributed by atoms with Crippen LogP contribution in [-0.2, 0) is 6.54 Å². The molecule has 3 heterocycles. The van der Waals surface area contributed by atoms with E-state index in [9.17, 15) is 10.1 Å². The minimum absolute atomic E-state index is 0.153. The van der Waals surface area contributed by atoms with E-state index in [1.54, 1.807) is 12.3 Å². The van der Waals surface area contributed by atoms with E-state index in [-0.39, 0.29) is 5.69 Å². The molecule has 124 valence electrons. The minimum atomic E-state index is -0.537. The van der Waals surface area contributed by atoms with Gasteiger partial charge in [0, 0.05) is 6.54 Å². The third-order valence-corrected chi connectivity index (χ3v) is 3.89. The lowest BCUT2D eigenvalue weighted by atomic mass is 10.2. The molecule has 10 heteroatoms. The van der Waals surface area contributed by atoms with Gasteiger partial charge in [0.25, 0.3) is 0 Å². The van der Waals surface area contributed by atoms with Gasteiger partial charge < -0.3 is 4.42 Å². The van der Waals surface area contributed by atoms with Crippen LogP contribution in [0.4, 0.5) is 5.69 Å². The zero-order valence-electron chi connectivity index (χ0n) is 13.0. The lowest BCUT2D eigenvalue weighted by Gasteiger charge is -2.10. The molecule has 0 atom stereocenters. The standard InChI is InChI=1S/C14H14N6O3S/c1-9(2)8-19-12(11-4-3-5-23-11)17-18-14(19)24-13-15-6-10(7-16-13)20(21)22/h3-7,9H,8H2,1-2H3. The number of rotatable bonds is 6. The van der Waals surface area contributed by atoms with Crippen LogP contribution in [0.3, 0.4) is 0 Å². The van der Waals surface area contributed by atoms with E-state index in [1.807, 2.05) is 10.6 Å². The highest BCUT2D eigenvalue weighted by Gasteiger charge is 2.19. The third kappa shape index (κ3) is 3.43. The maximum atomic E-state index is 10.7. The fourth-order valence-electron chi connectivity index (χ4n) is 2.02. The van der Waals surface area contributed by atoms with Crippen LogP contribution in [0.15, 0.2) is 45.5 Å². The van der Waals surface area contributed by atoms with E-state index in [1.165, 1.54) is 24.2 Å². The zero-order chi connectivity index (χ0) is 17.1. The molecule has 0 aliphatic carbocycles. The van der Waals surface area contributed by atoms with E-state index in [2.05, 4.69) is 34.0 Å². The molecule has 0 fully saturated rings. The summed E-state index contributed by atoms with van der Waals surface area (Å²) < 4.78 is 7.34. The van der Waals surface area contributed by atoms with Crippen LogP contribution in [0.25, 0.3) is 11.6 Å². The smallest absolute Gasteiger partial charge is 0.305 e. The molecule has 0 radical (unpaired) electrons. The normalized spacial score (nSPS) is 11.1. The Morgan fingerprint density at radius 2 is 2.08 bits per heavy atom. The fourth-order valence-corrected chi connectivity index (χ4v) is 2.75. The Labute approximate surface area is 141 Å². The molecule has 0 N–H and O–H groups in total. The van der Waals surface area contributed by atoms with E-state index in [0.29, 0.717) is 34.4 Å². The summed E-state index contributed by atoms with van der Waals surface area (Å²) in [5.74, 6) is 1.62. The number of hydrogen-bond acceptors (Lipinski definition) is 8. The topological polar surface area (TPSA) is 113 Å². The van der Waals surface area contributed by atoms with Crippen LogP contribution < -0.4 is 0 Å². The van der Waals surface area contributed by atoms with Gasteiger partial charge in [-0.25, -0.2) is 9.97 Å². The summed E-state index contributed by atoms with van der Waals surface area (Å²) in [4.78, 5) is 18.1.